The molecular weight excluding hydrogens is 292 g/mol. The first-order chi connectivity index (χ1) is 10.8. The lowest BCUT2D eigenvalue weighted by Crippen LogP contribution is -2.38. The van der Waals surface area contributed by atoms with Crippen molar-refractivity contribution >= 4 is 32.5 Å². The van der Waals surface area contributed by atoms with Gasteiger partial charge in [-0.3, -0.25) is 5.32 Å². The number of carbonyl (C=O) groups excluding carboxylic acids is 1. The molecule has 1 heterocycles. The lowest BCUT2D eigenvalue weighted by Gasteiger charge is -2.12. The topological polar surface area (TPSA) is 41.1 Å². The van der Waals surface area contributed by atoms with E-state index in [0.717, 1.165) is 23.2 Å². The van der Waals surface area contributed by atoms with Gasteiger partial charge >= 0.3 is 6.03 Å². The molecule has 0 spiro atoms. The molecule has 4 heteroatoms. The zero-order valence-corrected chi connectivity index (χ0v) is 12.8. The second-order valence-electron chi connectivity index (χ2n) is 5.62. The summed E-state index contributed by atoms with van der Waals surface area (Å²) in [5, 5.41) is 8.08. The lowest BCUT2D eigenvalue weighted by molar-refractivity contribution is 0.249. The third-order valence-corrected chi connectivity index (χ3v) is 5.08. The van der Waals surface area contributed by atoms with Crippen molar-refractivity contribution in [2.24, 2.45) is 0 Å². The maximum absolute atomic E-state index is 12.2. The number of amides is 2. The summed E-state index contributed by atoms with van der Waals surface area (Å²) in [5.74, 6) is 0. The van der Waals surface area contributed by atoms with E-state index < -0.39 is 0 Å². The molecular formula is C18H16N2OS. The van der Waals surface area contributed by atoms with Gasteiger partial charge in [-0.1, -0.05) is 42.5 Å². The summed E-state index contributed by atoms with van der Waals surface area (Å²) in [6, 6.07) is 18.6. The second-order valence-corrected chi connectivity index (χ2v) is 6.70. The highest BCUT2D eigenvalue weighted by molar-refractivity contribution is 7.22. The Bertz CT molecular complexity index is 782. The van der Waals surface area contributed by atoms with Crippen molar-refractivity contribution in [2.45, 2.75) is 18.9 Å². The fourth-order valence-corrected chi connectivity index (χ4v) is 4.00. The van der Waals surface area contributed by atoms with Gasteiger partial charge in [-0.25, -0.2) is 4.79 Å². The molecule has 22 heavy (non-hydrogen) atoms. The first kappa shape index (κ1) is 13.3. The molecule has 2 aromatic carbocycles. The van der Waals surface area contributed by atoms with E-state index in [0.29, 0.717) is 0 Å². The Kier molecular flexibility index (Phi) is 3.31. The zero-order valence-electron chi connectivity index (χ0n) is 12.0. The van der Waals surface area contributed by atoms with E-state index in [2.05, 4.69) is 47.0 Å². The van der Waals surface area contributed by atoms with Gasteiger partial charge in [0.05, 0.1) is 5.00 Å². The van der Waals surface area contributed by atoms with E-state index in [4.69, 9.17) is 0 Å². The Labute approximate surface area is 133 Å². The van der Waals surface area contributed by atoms with Crippen LogP contribution in [0.1, 0.15) is 11.1 Å². The van der Waals surface area contributed by atoms with E-state index in [1.54, 1.807) is 11.3 Å². The number of anilines is 1. The number of hydrogen-bond acceptors (Lipinski definition) is 2. The van der Waals surface area contributed by atoms with Crippen LogP contribution in [0.2, 0.25) is 0 Å². The van der Waals surface area contributed by atoms with Gasteiger partial charge in [0.15, 0.2) is 0 Å². The molecule has 2 amide bonds. The largest absolute Gasteiger partial charge is 0.334 e. The molecule has 3 nitrogen and oxygen atoms in total. The summed E-state index contributed by atoms with van der Waals surface area (Å²) in [6.07, 6.45) is 1.83. The van der Waals surface area contributed by atoms with Gasteiger partial charge in [0.1, 0.15) is 0 Å². The minimum atomic E-state index is -0.121. The molecule has 2 N–H and O–H groups in total. The van der Waals surface area contributed by atoms with Gasteiger partial charge in [-0.15, -0.1) is 11.3 Å². The minimum Gasteiger partial charge on any atom is -0.334 e. The number of carbonyl (C=O) groups is 1. The molecule has 0 fully saturated rings. The summed E-state index contributed by atoms with van der Waals surface area (Å²) in [5.41, 5.74) is 2.68. The molecule has 4 rings (SSSR count). The Morgan fingerprint density at radius 3 is 2.41 bits per heavy atom. The standard InChI is InChI=1S/C18H16N2OS/c21-18(19-15-9-12-5-1-2-6-13(12)10-15)20-17-11-14-7-3-4-8-16(14)22-17/h1-8,11,15H,9-10H2,(H2,19,20,21). The minimum absolute atomic E-state index is 0.121. The van der Waals surface area contributed by atoms with Crippen molar-refractivity contribution < 1.29 is 4.79 Å². The Morgan fingerprint density at radius 1 is 1.00 bits per heavy atom. The van der Waals surface area contributed by atoms with Crippen LogP contribution in [0.4, 0.5) is 9.80 Å². The molecule has 1 aliphatic carbocycles. The molecule has 0 saturated carbocycles. The van der Waals surface area contributed by atoms with Crippen LogP contribution >= 0.6 is 11.3 Å². The molecule has 3 aromatic rings. The van der Waals surface area contributed by atoms with Crippen LogP contribution in [0.3, 0.4) is 0 Å². The van der Waals surface area contributed by atoms with Crippen LogP contribution in [-0.2, 0) is 12.8 Å². The van der Waals surface area contributed by atoms with Crippen LogP contribution in [0.25, 0.3) is 10.1 Å². The molecule has 0 unspecified atom stereocenters. The van der Waals surface area contributed by atoms with Crippen LogP contribution < -0.4 is 10.6 Å². The second kappa shape index (κ2) is 5.46. The van der Waals surface area contributed by atoms with Crippen molar-refractivity contribution in [3.05, 3.63) is 65.7 Å². The van der Waals surface area contributed by atoms with Gasteiger partial charge in [0.2, 0.25) is 0 Å². The predicted octanol–water partition coefficient (Wildman–Crippen LogP) is 4.19. The summed E-state index contributed by atoms with van der Waals surface area (Å²) < 4.78 is 1.19. The number of benzene rings is 2. The number of urea groups is 1. The number of thiophene rings is 1. The van der Waals surface area contributed by atoms with Crippen molar-refractivity contribution in [1.29, 1.82) is 0 Å². The Morgan fingerprint density at radius 2 is 1.68 bits per heavy atom. The van der Waals surface area contributed by atoms with Crippen molar-refractivity contribution in [2.75, 3.05) is 5.32 Å². The average Bonchev–Trinajstić information content (AvgIpc) is 3.08. The van der Waals surface area contributed by atoms with Gasteiger partial charge in [0, 0.05) is 10.7 Å². The van der Waals surface area contributed by atoms with Gasteiger partial charge in [-0.2, -0.15) is 0 Å². The maximum atomic E-state index is 12.2. The molecule has 0 bridgehead atoms. The number of fused-ring (bicyclic) bond motifs is 2. The number of hydrogen-bond donors (Lipinski definition) is 2. The molecule has 0 saturated heterocycles. The van der Waals surface area contributed by atoms with Crippen LogP contribution in [0.15, 0.2) is 54.6 Å². The van der Waals surface area contributed by atoms with Crippen LogP contribution in [0, 0.1) is 0 Å². The smallest absolute Gasteiger partial charge is 0.320 e. The van der Waals surface area contributed by atoms with Gasteiger partial charge in [-0.05, 0) is 41.5 Å². The fourth-order valence-electron chi connectivity index (χ4n) is 3.04. The zero-order chi connectivity index (χ0) is 14.9. The van der Waals surface area contributed by atoms with Gasteiger partial charge in [0.25, 0.3) is 0 Å². The van der Waals surface area contributed by atoms with E-state index in [1.807, 2.05) is 18.2 Å². The first-order valence-corrected chi connectivity index (χ1v) is 8.22. The highest BCUT2D eigenvalue weighted by Crippen LogP contribution is 2.29. The molecule has 0 atom stereocenters. The van der Waals surface area contributed by atoms with E-state index in [9.17, 15) is 4.79 Å². The van der Waals surface area contributed by atoms with E-state index >= 15 is 0 Å². The molecule has 0 aliphatic heterocycles. The quantitative estimate of drug-likeness (QED) is 0.732. The normalized spacial score (nSPS) is 14.0. The third-order valence-electron chi connectivity index (χ3n) is 4.05. The third kappa shape index (κ3) is 2.57. The summed E-state index contributed by atoms with van der Waals surface area (Å²) >= 11 is 1.60. The summed E-state index contributed by atoms with van der Waals surface area (Å²) in [6.45, 7) is 0. The molecule has 1 aromatic heterocycles. The monoisotopic (exact) mass is 308 g/mol. The average molecular weight is 308 g/mol. The Balaban J connectivity index is 1.41. The van der Waals surface area contributed by atoms with E-state index in [-0.39, 0.29) is 12.1 Å². The summed E-state index contributed by atoms with van der Waals surface area (Å²) in [7, 11) is 0. The highest BCUT2D eigenvalue weighted by Gasteiger charge is 2.22. The predicted molar refractivity (Wildman–Crippen MR) is 91.6 cm³/mol. The van der Waals surface area contributed by atoms with Crippen molar-refractivity contribution in [3.8, 4) is 0 Å². The molecule has 1 aliphatic rings. The van der Waals surface area contributed by atoms with Crippen molar-refractivity contribution in [3.63, 3.8) is 0 Å². The molecule has 0 radical (unpaired) electrons. The van der Waals surface area contributed by atoms with Gasteiger partial charge < -0.3 is 5.32 Å². The first-order valence-electron chi connectivity index (χ1n) is 7.41. The lowest BCUT2D eigenvalue weighted by atomic mass is 10.1. The van der Waals surface area contributed by atoms with Crippen LogP contribution in [-0.4, -0.2) is 12.1 Å². The SMILES string of the molecule is O=C(Nc1cc2ccccc2s1)NC1Cc2ccccc2C1. The van der Waals surface area contributed by atoms with E-state index in [1.165, 1.54) is 15.8 Å². The van der Waals surface area contributed by atoms with Crippen LogP contribution in [0.5, 0.6) is 0 Å². The number of nitrogens with one attached hydrogen (secondary N) is 2. The maximum Gasteiger partial charge on any atom is 0.320 e. The number of rotatable bonds is 2. The summed E-state index contributed by atoms with van der Waals surface area (Å²) in [4.78, 5) is 12.2. The molecule has 110 valence electrons. The highest BCUT2D eigenvalue weighted by atomic mass is 32.1. The fraction of sp³-hybridized carbons (Fsp3) is 0.167. The Hall–Kier alpha value is -2.33. The van der Waals surface area contributed by atoms with Crippen molar-refractivity contribution in [1.82, 2.24) is 5.32 Å².